The molecule has 1 N–H and O–H groups in total. The van der Waals surface area contributed by atoms with Crippen molar-refractivity contribution in [2.24, 2.45) is 5.92 Å². The van der Waals surface area contributed by atoms with E-state index in [0.717, 1.165) is 22.7 Å². The van der Waals surface area contributed by atoms with Crippen LogP contribution >= 0.6 is 23.2 Å². The number of hydrogen-bond donors (Lipinski definition) is 1. The quantitative estimate of drug-likeness (QED) is 0.422. The van der Waals surface area contributed by atoms with Gasteiger partial charge in [-0.3, -0.25) is 10.1 Å². The lowest BCUT2D eigenvalue weighted by molar-refractivity contribution is -0.384. The molecule has 3 atom stereocenters. The summed E-state index contributed by atoms with van der Waals surface area (Å²) in [5.74, 6) is 0.566. The molecule has 0 spiro atoms. The Morgan fingerprint density at radius 3 is 2.79 bits per heavy atom. The first-order valence-electron chi connectivity index (χ1n) is 7.71. The molecule has 0 amide bonds. The molecule has 0 saturated carbocycles. The molecule has 0 saturated heterocycles. The highest BCUT2D eigenvalue weighted by Gasteiger charge is 2.38. The largest absolute Gasteiger partial charge is 0.378 e. The molecule has 0 bridgehead atoms. The van der Waals surface area contributed by atoms with Gasteiger partial charge in [-0.05, 0) is 47.7 Å². The second-order valence-electron chi connectivity index (χ2n) is 6.18. The fraction of sp³-hybridized carbons (Fsp3) is 0.222. The smallest absolute Gasteiger partial charge is 0.288 e. The van der Waals surface area contributed by atoms with Gasteiger partial charge in [0, 0.05) is 22.7 Å². The molecule has 122 valence electrons. The maximum Gasteiger partial charge on any atom is 0.288 e. The van der Waals surface area contributed by atoms with Gasteiger partial charge in [-0.15, -0.1) is 0 Å². The van der Waals surface area contributed by atoms with Gasteiger partial charge < -0.3 is 5.32 Å². The van der Waals surface area contributed by atoms with Crippen LogP contribution in [0.3, 0.4) is 0 Å². The third-order valence-corrected chi connectivity index (χ3v) is 5.41. The SMILES string of the molecule is O=[N+]([O-])c1cc(C2Nc3ccc(Cl)cc3C3C=CCC32)ccc1Cl. The van der Waals surface area contributed by atoms with Gasteiger partial charge in [-0.1, -0.05) is 41.4 Å². The third-order valence-electron chi connectivity index (χ3n) is 4.85. The standard InChI is InChI=1S/C18H14Cl2N2O2/c19-11-5-7-16-14(9-11)12-2-1-3-13(12)18(21-16)10-4-6-15(20)17(8-10)22(23)24/h1-2,4-9,12-13,18,21H,3H2. The minimum atomic E-state index is -0.438. The Balaban J connectivity index is 1.79. The average Bonchev–Trinajstić information content (AvgIpc) is 3.04. The third kappa shape index (κ3) is 2.46. The molecule has 1 aliphatic carbocycles. The van der Waals surface area contributed by atoms with Crippen LogP contribution in [0.15, 0.2) is 48.6 Å². The van der Waals surface area contributed by atoms with Crippen LogP contribution < -0.4 is 5.32 Å². The van der Waals surface area contributed by atoms with Crippen LogP contribution in [-0.2, 0) is 0 Å². The first-order valence-corrected chi connectivity index (χ1v) is 8.46. The van der Waals surface area contributed by atoms with E-state index < -0.39 is 4.92 Å². The summed E-state index contributed by atoms with van der Waals surface area (Å²) in [7, 11) is 0. The van der Waals surface area contributed by atoms with Gasteiger partial charge in [-0.25, -0.2) is 0 Å². The summed E-state index contributed by atoms with van der Waals surface area (Å²) in [6, 6.07) is 10.9. The maximum atomic E-state index is 11.2. The summed E-state index contributed by atoms with van der Waals surface area (Å²) in [5, 5.41) is 15.6. The number of halogens is 2. The van der Waals surface area contributed by atoms with E-state index in [-0.39, 0.29) is 22.7 Å². The van der Waals surface area contributed by atoms with Gasteiger partial charge >= 0.3 is 0 Å². The Morgan fingerprint density at radius 2 is 2.00 bits per heavy atom. The minimum Gasteiger partial charge on any atom is -0.378 e. The van der Waals surface area contributed by atoms with Crippen LogP contribution in [0.2, 0.25) is 10.0 Å². The number of rotatable bonds is 2. The number of allylic oxidation sites excluding steroid dienone is 2. The van der Waals surface area contributed by atoms with Gasteiger partial charge in [-0.2, -0.15) is 0 Å². The van der Waals surface area contributed by atoms with Crippen LogP contribution in [0.1, 0.15) is 29.5 Å². The average molecular weight is 361 g/mol. The molecule has 2 aliphatic rings. The van der Waals surface area contributed by atoms with Crippen molar-refractivity contribution in [2.45, 2.75) is 18.4 Å². The lowest BCUT2D eigenvalue weighted by Gasteiger charge is -2.37. The van der Waals surface area contributed by atoms with Crippen molar-refractivity contribution in [2.75, 3.05) is 5.32 Å². The van der Waals surface area contributed by atoms with Crippen molar-refractivity contribution < 1.29 is 4.92 Å². The molecule has 24 heavy (non-hydrogen) atoms. The van der Waals surface area contributed by atoms with Gasteiger partial charge in [0.1, 0.15) is 5.02 Å². The van der Waals surface area contributed by atoms with Crippen molar-refractivity contribution in [1.29, 1.82) is 0 Å². The summed E-state index contributed by atoms with van der Waals surface area (Å²) in [6.07, 6.45) is 5.30. The van der Waals surface area contributed by atoms with Crippen LogP contribution in [0.25, 0.3) is 0 Å². The Hall–Kier alpha value is -2.04. The van der Waals surface area contributed by atoms with Gasteiger partial charge in [0.15, 0.2) is 0 Å². The number of nitro groups is 1. The second kappa shape index (κ2) is 5.80. The van der Waals surface area contributed by atoms with Crippen LogP contribution in [-0.4, -0.2) is 4.92 Å². The van der Waals surface area contributed by atoms with E-state index in [1.807, 2.05) is 24.3 Å². The van der Waals surface area contributed by atoms with E-state index in [1.165, 1.54) is 5.56 Å². The van der Waals surface area contributed by atoms with Gasteiger partial charge in [0.2, 0.25) is 0 Å². The summed E-state index contributed by atoms with van der Waals surface area (Å²) in [5.41, 5.74) is 3.03. The molecule has 6 heteroatoms. The predicted molar refractivity (Wildman–Crippen MR) is 95.9 cm³/mol. The Labute approximate surface area is 149 Å². The lowest BCUT2D eigenvalue weighted by Crippen LogP contribution is -2.29. The van der Waals surface area contributed by atoms with Crippen molar-refractivity contribution in [3.8, 4) is 0 Å². The molecule has 1 aliphatic heterocycles. The number of nitro benzene ring substituents is 1. The van der Waals surface area contributed by atoms with Crippen molar-refractivity contribution >= 4 is 34.6 Å². The topological polar surface area (TPSA) is 55.2 Å². The van der Waals surface area contributed by atoms with E-state index >= 15 is 0 Å². The van der Waals surface area contributed by atoms with Crippen LogP contribution in [0, 0.1) is 16.0 Å². The summed E-state index contributed by atoms with van der Waals surface area (Å²) in [4.78, 5) is 10.8. The number of hydrogen-bond acceptors (Lipinski definition) is 3. The van der Waals surface area contributed by atoms with Crippen molar-refractivity contribution in [3.05, 3.63) is 79.8 Å². The van der Waals surface area contributed by atoms with E-state index in [2.05, 4.69) is 17.5 Å². The molecule has 0 radical (unpaired) electrons. The highest BCUT2D eigenvalue weighted by molar-refractivity contribution is 6.32. The highest BCUT2D eigenvalue weighted by atomic mass is 35.5. The van der Waals surface area contributed by atoms with E-state index in [0.29, 0.717) is 5.92 Å². The number of fused-ring (bicyclic) bond motifs is 3. The maximum absolute atomic E-state index is 11.2. The van der Waals surface area contributed by atoms with E-state index in [4.69, 9.17) is 23.2 Å². The monoisotopic (exact) mass is 360 g/mol. The first-order chi connectivity index (χ1) is 11.5. The molecule has 4 rings (SSSR count). The fourth-order valence-corrected chi connectivity index (χ4v) is 4.13. The molecule has 4 nitrogen and oxygen atoms in total. The van der Waals surface area contributed by atoms with Crippen molar-refractivity contribution in [1.82, 2.24) is 0 Å². The fourth-order valence-electron chi connectivity index (χ4n) is 3.76. The molecule has 2 aromatic carbocycles. The predicted octanol–water partition coefficient (Wildman–Crippen LogP) is 5.73. The molecular formula is C18H14Cl2N2O2. The van der Waals surface area contributed by atoms with Crippen molar-refractivity contribution in [3.63, 3.8) is 0 Å². The zero-order valence-electron chi connectivity index (χ0n) is 12.6. The molecule has 1 heterocycles. The summed E-state index contributed by atoms with van der Waals surface area (Å²) < 4.78 is 0. The zero-order chi connectivity index (χ0) is 16.8. The number of nitrogens with zero attached hydrogens (tertiary/aromatic N) is 1. The number of benzene rings is 2. The van der Waals surface area contributed by atoms with Crippen LogP contribution in [0.5, 0.6) is 0 Å². The molecule has 0 aromatic heterocycles. The normalized spacial score (nSPS) is 24.2. The second-order valence-corrected chi connectivity index (χ2v) is 7.02. The molecule has 2 aromatic rings. The summed E-state index contributed by atoms with van der Waals surface area (Å²) >= 11 is 12.1. The zero-order valence-corrected chi connectivity index (χ0v) is 14.1. The van der Waals surface area contributed by atoms with Gasteiger partial charge in [0.25, 0.3) is 5.69 Å². The van der Waals surface area contributed by atoms with E-state index in [9.17, 15) is 10.1 Å². The molecular weight excluding hydrogens is 347 g/mol. The minimum absolute atomic E-state index is 0.00496. The van der Waals surface area contributed by atoms with Crippen LogP contribution in [0.4, 0.5) is 11.4 Å². The lowest BCUT2D eigenvalue weighted by atomic mass is 9.77. The first kappa shape index (κ1) is 15.5. The molecule has 3 unspecified atom stereocenters. The molecule has 0 fully saturated rings. The Kier molecular flexibility index (Phi) is 3.74. The number of nitrogens with one attached hydrogen (secondary N) is 1. The Bertz CT molecular complexity index is 866. The summed E-state index contributed by atoms with van der Waals surface area (Å²) in [6.45, 7) is 0. The highest BCUT2D eigenvalue weighted by Crippen LogP contribution is 2.50. The van der Waals surface area contributed by atoms with Gasteiger partial charge in [0.05, 0.1) is 11.0 Å². The Morgan fingerprint density at radius 1 is 1.17 bits per heavy atom. The van der Waals surface area contributed by atoms with E-state index in [1.54, 1.807) is 12.1 Å². The number of anilines is 1.